The molecule has 0 aliphatic heterocycles. The Labute approximate surface area is 224 Å². The fraction of sp³-hybridized carbons (Fsp3) is 0.394. The Morgan fingerprint density at radius 2 is 1.70 bits per heavy atom. The minimum atomic E-state index is -0.0242. The van der Waals surface area contributed by atoms with Gasteiger partial charge in [0.25, 0.3) is 0 Å². The maximum atomic E-state index is 12.6. The van der Waals surface area contributed by atoms with Crippen LogP contribution in [-0.4, -0.2) is 18.5 Å². The predicted molar refractivity (Wildman–Crippen MR) is 163 cm³/mol. The standard InChI is InChI=1S/C33H45N3O/c1-11-13-26(12-2)32(36-28-15-16-29(23(7)19-28)33(37)22(5)6)25(9)35-20-30(21(3)4)27-14-17-31(34-10)24(8)18-27/h11,13-22,34,36H,12H2,1-10H3/b13-11-,30-20+,32-26+,35-25+. The average Bonchev–Trinajstić information content (AvgIpc) is 2.85. The van der Waals surface area contributed by atoms with E-state index < -0.39 is 0 Å². The average molecular weight is 500 g/mol. The van der Waals surface area contributed by atoms with Crippen molar-refractivity contribution in [1.82, 2.24) is 0 Å². The highest BCUT2D eigenvalue weighted by molar-refractivity contribution is 6.03. The van der Waals surface area contributed by atoms with Crippen LogP contribution in [0.2, 0.25) is 0 Å². The van der Waals surface area contributed by atoms with E-state index in [4.69, 9.17) is 4.99 Å². The Kier molecular flexibility index (Phi) is 11.1. The summed E-state index contributed by atoms with van der Waals surface area (Å²) in [5.41, 5.74) is 10.5. The van der Waals surface area contributed by atoms with E-state index in [2.05, 4.69) is 75.6 Å². The number of aliphatic imine (C=N–C) groups is 1. The van der Waals surface area contributed by atoms with Gasteiger partial charge in [0.1, 0.15) is 0 Å². The van der Waals surface area contributed by atoms with Crippen molar-refractivity contribution >= 4 is 28.4 Å². The lowest BCUT2D eigenvalue weighted by Gasteiger charge is -2.17. The molecular formula is C33H45N3O. The number of aryl methyl sites for hydroxylation is 2. The number of benzene rings is 2. The van der Waals surface area contributed by atoms with Crippen LogP contribution in [0.4, 0.5) is 11.4 Å². The molecule has 4 heteroatoms. The van der Waals surface area contributed by atoms with Crippen molar-refractivity contribution in [2.75, 3.05) is 17.7 Å². The van der Waals surface area contributed by atoms with E-state index >= 15 is 0 Å². The van der Waals surface area contributed by atoms with Gasteiger partial charge in [0.2, 0.25) is 0 Å². The first-order chi connectivity index (χ1) is 17.5. The van der Waals surface area contributed by atoms with Crippen molar-refractivity contribution in [3.8, 4) is 0 Å². The summed E-state index contributed by atoms with van der Waals surface area (Å²) in [5.74, 6) is 0.473. The van der Waals surface area contributed by atoms with Crippen molar-refractivity contribution in [3.63, 3.8) is 0 Å². The number of hydrogen-bond donors (Lipinski definition) is 2. The molecule has 2 rings (SSSR count). The van der Waals surface area contributed by atoms with Crippen LogP contribution in [0.25, 0.3) is 5.57 Å². The van der Waals surface area contributed by atoms with E-state index in [1.165, 1.54) is 22.3 Å². The Bertz CT molecular complexity index is 1230. The van der Waals surface area contributed by atoms with Gasteiger partial charge < -0.3 is 10.6 Å². The fourth-order valence-electron chi connectivity index (χ4n) is 4.37. The van der Waals surface area contributed by atoms with E-state index in [-0.39, 0.29) is 11.7 Å². The Morgan fingerprint density at radius 3 is 2.22 bits per heavy atom. The molecule has 0 saturated heterocycles. The van der Waals surface area contributed by atoms with E-state index in [0.29, 0.717) is 5.92 Å². The maximum Gasteiger partial charge on any atom is 0.165 e. The van der Waals surface area contributed by atoms with Crippen molar-refractivity contribution in [1.29, 1.82) is 0 Å². The second-order valence-corrected chi connectivity index (χ2v) is 10.2. The number of ketones is 1. The summed E-state index contributed by atoms with van der Waals surface area (Å²) in [5, 5.41) is 6.86. The largest absolute Gasteiger partial charge is 0.388 e. The number of anilines is 2. The van der Waals surface area contributed by atoms with E-state index in [9.17, 15) is 4.79 Å². The third-order valence-electron chi connectivity index (χ3n) is 6.57. The van der Waals surface area contributed by atoms with Crippen LogP contribution in [0, 0.1) is 25.7 Å². The molecule has 4 nitrogen and oxygen atoms in total. The molecular weight excluding hydrogens is 454 g/mol. The third kappa shape index (κ3) is 7.79. The molecule has 0 atom stereocenters. The number of carbonyl (C=O) groups excluding carboxylic acids is 1. The second-order valence-electron chi connectivity index (χ2n) is 10.2. The molecule has 0 aliphatic carbocycles. The molecule has 0 heterocycles. The second kappa shape index (κ2) is 13.8. The number of allylic oxidation sites excluding steroid dienone is 5. The highest BCUT2D eigenvalue weighted by Crippen LogP contribution is 2.28. The van der Waals surface area contributed by atoms with Gasteiger partial charge >= 0.3 is 0 Å². The van der Waals surface area contributed by atoms with E-state index in [0.717, 1.165) is 40.3 Å². The third-order valence-corrected chi connectivity index (χ3v) is 6.57. The van der Waals surface area contributed by atoms with Crippen molar-refractivity contribution < 1.29 is 4.79 Å². The lowest BCUT2D eigenvalue weighted by molar-refractivity contribution is 0.0939. The topological polar surface area (TPSA) is 53.5 Å². The van der Waals surface area contributed by atoms with Crippen LogP contribution in [0.5, 0.6) is 0 Å². The molecule has 2 aromatic carbocycles. The predicted octanol–water partition coefficient (Wildman–Crippen LogP) is 8.99. The van der Waals surface area contributed by atoms with Gasteiger partial charge in [-0.1, -0.05) is 52.8 Å². The molecule has 37 heavy (non-hydrogen) atoms. The molecule has 0 spiro atoms. The summed E-state index contributed by atoms with van der Waals surface area (Å²) in [6, 6.07) is 12.5. The minimum absolute atomic E-state index is 0.0242. The lowest BCUT2D eigenvalue weighted by atomic mass is 9.94. The first kappa shape index (κ1) is 29.8. The molecule has 0 amide bonds. The van der Waals surface area contributed by atoms with Crippen molar-refractivity contribution in [2.24, 2.45) is 16.8 Å². The first-order valence-corrected chi connectivity index (χ1v) is 13.3. The zero-order valence-electron chi connectivity index (χ0n) is 24.4. The molecule has 0 bridgehead atoms. The van der Waals surface area contributed by atoms with Gasteiger partial charge in [0, 0.05) is 36.1 Å². The molecule has 198 valence electrons. The number of nitrogens with one attached hydrogen (secondary N) is 2. The van der Waals surface area contributed by atoms with Gasteiger partial charge in [0.15, 0.2) is 5.78 Å². The first-order valence-electron chi connectivity index (χ1n) is 13.3. The molecule has 2 N–H and O–H groups in total. The molecule has 0 radical (unpaired) electrons. The molecule has 0 saturated carbocycles. The Balaban J connectivity index is 2.53. The van der Waals surface area contributed by atoms with Gasteiger partial charge in [0.05, 0.1) is 11.4 Å². The van der Waals surface area contributed by atoms with Crippen LogP contribution in [0.15, 0.2) is 71.0 Å². The van der Waals surface area contributed by atoms with Crippen LogP contribution < -0.4 is 10.6 Å². The molecule has 0 aromatic heterocycles. The van der Waals surface area contributed by atoms with Gasteiger partial charge in [-0.15, -0.1) is 0 Å². The summed E-state index contributed by atoms with van der Waals surface area (Å²) in [6.07, 6.45) is 7.07. The lowest BCUT2D eigenvalue weighted by Crippen LogP contribution is -2.13. The summed E-state index contributed by atoms with van der Waals surface area (Å²) in [4.78, 5) is 17.5. The number of carbonyl (C=O) groups is 1. The summed E-state index contributed by atoms with van der Waals surface area (Å²) in [6.45, 7) is 18.6. The van der Waals surface area contributed by atoms with Crippen molar-refractivity contribution in [3.05, 3.63) is 88.3 Å². The van der Waals surface area contributed by atoms with Crippen LogP contribution in [0.3, 0.4) is 0 Å². The van der Waals surface area contributed by atoms with Crippen molar-refractivity contribution in [2.45, 2.75) is 68.7 Å². The van der Waals surface area contributed by atoms with E-state index in [1.807, 2.05) is 59.1 Å². The Hall–Kier alpha value is -3.40. The quantitative estimate of drug-likeness (QED) is 0.184. The monoisotopic (exact) mass is 499 g/mol. The number of rotatable bonds is 11. The summed E-state index contributed by atoms with van der Waals surface area (Å²) < 4.78 is 0. The highest BCUT2D eigenvalue weighted by Gasteiger charge is 2.15. The smallest absolute Gasteiger partial charge is 0.165 e. The van der Waals surface area contributed by atoms with Gasteiger partial charge in [-0.2, -0.15) is 0 Å². The number of hydrogen-bond acceptors (Lipinski definition) is 4. The van der Waals surface area contributed by atoms with Gasteiger partial charge in [-0.25, -0.2) is 0 Å². The summed E-state index contributed by atoms with van der Waals surface area (Å²) in [7, 11) is 1.95. The molecule has 0 aliphatic rings. The normalized spacial score (nSPS) is 13.4. The number of nitrogens with zero attached hydrogens (tertiary/aromatic N) is 1. The Morgan fingerprint density at radius 1 is 1.00 bits per heavy atom. The van der Waals surface area contributed by atoms with Crippen LogP contribution in [-0.2, 0) is 0 Å². The molecule has 0 fully saturated rings. The molecule has 0 unspecified atom stereocenters. The molecule has 2 aromatic rings. The fourth-order valence-corrected chi connectivity index (χ4v) is 4.37. The summed E-state index contributed by atoms with van der Waals surface area (Å²) >= 11 is 0. The minimum Gasteiger partial charge on any atom is -0.388 e. The zero-order valence-corrected chi connectivity index (χ0v) is 24.4. The van der Waals surface area contributed by atoms with E-state index in [1.54, 1.807) is 0 Å². The van der Waals surface area contributed by atoms with Gasteiger partial charge in [-0.3, -0.25) is 9.79 Å². The maximum absolute atomic E-state index is 12.6. The zero-order chi connectivity index (χ0) is 27.7. The SMILES string of the molecule is C\C=C/C(CC)=C(Nc1ccc(C(=O)C(C)C)c(C)c1)\C(C)=N\C=C(\c1ccc(NC)c(C)c1)C(C)C. The van der Waals surface area contributed by atoms with Gasteiger partial charge in [-0.05, 0) is 98.2 Å². The van der Waals surface area contributed by atoms with Crippen LogP contribution in [0.1, 0.15) is 81.9 Å². The van der Waals surface area contributed by atoms with Crippen LogP contribution >= 0.6 is 0 Å². The highest BCUT2D eigenvalue weighted by atomic mass is 16.1. The number of Topliss-reactive ketones (excluding diaryl/α,β-unsaturated/α-hetero) is 1.